The van der Waals surface area contributed by atoms with Gasteiger partial charge in [0.15, 0.2) is 0 Å². The third kappa shape index (κ3) is 3.00. The largest absolute Gasteiger partial charge is 0.335 e. The summed E-state index contributed by atoms with van der Waals surface area (Å²) in [5.41, 5.74) is 5.59. The molecule has 2 heterocycles. The molecule has 1 atom stereocenters. The zero-order valence-corrected chi connectivity index (χ0v) is 12.0. The van der Waals surface area contributed by atoms with E-state index in [1.165, 1.54) is 0 Å². The standard InChI is InChI=1S/C13H24N4O2/c1-4-13(2,3)15-12(19)16-7-10(8-16)17-6-9(14)5-11(17)18/h9-10H,4-8,14H2,1-3H3,(H,15,19). The predicted molar refractivity (Wildman–Crippen MR) is 72.6 cm³/mol. The van der Waals surface area contributed by atoms with Crippen LogP contribution in [0.25, 0.3) is 0 Å². The number of carbonyl (C=O) groups excluding carboxylic acids is 2. The molecule has 0 aromatic rings. The summed E-state index contributed by atoms with van der Waals surface area (Å²) in [6.45, 7) is 7.91. The van der Waals surface area contributed by atoms with Gasteiger partial charge in [0.1, 0.15) is 0 Å². The van der Waals surface area contributed by atoms with Gasteiger partial charge in [-0.25, -0.2) is 4.79 Å². The van der Waals surface area contributed by atoms with Crippen molar-refractivity contribution in [3.63, 3.8) is 0 Å². The van der Waals surface area contributed by atoms with Crippen LogP contribution in [0.3, 0.4) is 0 Å². The van der Waals surface area contributed by atoms with Gasteiger partial charge < -0.3 is 20.9 Å². The molecule has 19 heavy (non-hydrogen) atoms. The molecule has 0 aromatic heterocycles. The van der Waals surface area contributed by atoms with E-state index in [-0.39, 0.29) is 29.6 Å². The number of nitrogens with two attached hydrogens (primary N) is 1. The van der Waals surface area contributed by atoms with E-state index in [1.807, 2.05) is 25.7 Å². The maximum Gasteiger partial charge on any atom is 0.317 e. The predicted octanol–water partition coefficient (Wildman–Crippen LogP) is 0.128. The summed E-state index contributed by atoms with van der Waals surface area (Å²) < 4.78 is 0. The second-order valence-electron chi connectivity index (χ2n) is 6.24. The summed E-state index contributed by atoms with van der Waals surface area (Å²) in [5.74, 6) is 0.117. The number of likely N-dealkylation sites (tertiary alicyclic amines) is 2. The van der Waals surface area contributed by atoms with Gasteiger partial charge in [0.25, 0.3) is 0 Å². The molecule has 6 nitrogen and oxygen atoms in total. The molecule has 0 aliphatic carbocycles. The molecule has 2 fully saturated rings. The number of rotatable bonds is 3. The van der Waals surface area contributed by atoms with Crippen molar-refractivity contribution in [2.75, 3.05) is 19.6 Å². The average molecular weight is 268 g/mol. The Morgan fingerprint density at radius 3 is 2.53 bits per heavy atom. The molecule has 6 heteroatoms. The molecule has 108 valence electrons. The lowest BCUT2D eigenvalue weighted by molar-refractivity contribution is -0.132. The molecule has 2 rings (SSSR count). The first-order valence-corrected chi connectivity index (χ1v) is 6.94. The van der Waals surface area contributed by atoms with Gasteiger partial charge in [-0.05, 0) is 20.3 Å². The molecule has 0 aromatic carbocycles. The first-order valence-electron chi connectivity index (χ1n) is 6.94. The fourth-order valence-corrected chi connectivity index (χ4v) is 2.39. The maximum atomic E-state index is 12.0. The number of hydrogen-bond acceptors (Lipinski definition) is 3. The van der Waals surface area contributed by atoms with Crippen molar-refractivity contribution < 1.29 is 9.59 Å². The molecular weight excluding hydrogens is 244 g/mol. The van der Waals surface area contributed by atoms with Crippen molar-refractivity contribution in [1.29, 1.82) is 0 Å². The minimum absolute atomic E-state index is 0.0426. The van der Waals surface area contributed by atoms with E-state index in [0.717, 1.165) is 6.42 Å². The highest BCUT2D eigenvalue weighted by molar-refractivity contribution is 5.81. The van der Waals surface area contributed by atoms with E-state index in [0.29, 0.717) is 26.1 Å². The normalized spacial score (nSPS) is 24.6. The van der Waals surface area contributed by atoms with Crippen molar-refractivity contribution >= 4 is 11.9 Å². The smallest absolute Gasteiger partial charge is 0.317 e. The SMILES string of the molecule is CCC(C)(C)NC(=O)N1CC(N2CC(N)CC2=O)C1. The summed E-state index contributed by atoms with van der Waals surface area (Å²) in [6.07, 6.45) is 1.32. The van der Waals surface area contributed by atoms with Crippen LogP contribution < -0.4 is 11.1 Å². The van der Waals surface area contributed by atoms with Crippen LogP contribution in [0.15, 0.2) is 0 Å². The molecule has 2 aliphatic heterocycles. The molecule has 2 aliphatic rings. The molecule has 2 saturated heterocycles. The molecule has 3 N–H and O–H groups in total. The summed E-state index contributed by atoms with van der Waals surface area (Å²) in [7, 11) is 0. The third-order valence-corrected chi connectivity index (χ3v) is 4.11. The number of nitrogens with zero attached hydrogens (tertiary/aromatic N) is 2. The Bertz CT molecular complexity index is 377. The highest BCUT2D eigenvalue weighted by Gasteiger charge is 2.41. The number of urea groups is 1. The van der Waals surface area contributed by atoms with Crippen LogP contribution in [0.2, 0.25) is 0 Å². The minimum atomic E-state index is -0.187. The van der Waals surface area contributed by atoms with Gasteiger partial charge in [-0.15, -0.1) is 0 Å². The second kappa shape index (κ2) is 5.00. The lowest BCUT2D eigenvalue weighted by Gasteiger charge is -2.45. The van der Waals surface area contributed by atoms with Crippen LogP contribution in [0.5, 0.6) is 0 Å². The van der Waals surface area contributed by atoms with E-state index >= 15 is 0 Å². The van der Waals surface area contributed by atoms with Crippen LogP contribution >= 0.6 is 0 Å². The van der Waals surface area contributed by atoms with Crippen LogP contribution in [-0.2, 0) is 4.79 Å². The van der Waals surface area contributed by atoms with E-state index in [4.69, 9.17) is 5.73 Å². The van der Waals surface area contributed by atoms with E-state index < -0.39 is 0 Å². The van der Waals surface area contributed by atoms with E-state index in [2.05, 4.69) is 5.32 Å². The fourth-order valence-electron chi connectivity index (χ4n) is 2.39. The Morgan fingerprint density at radius 1 is 1.42 bits per heavy atom. The van der Waals surface area contributed by atoms with Crippen LogP contribution in [0.1, 0.15) is 33.6 Å². The van der Waals surface area contributed by atoms with Gasteiger partial charge in [0.05, 0.1) is 6.04 Å². The van der Waals surface area contributed by atoms with E-state index in [1.54, 1.807) is 4.90 Å². The summed E-state index contributed by atoms with van der Waals surface area (Å²) in [6, 6.07) is 0.0602. The lowest BCUT2D eigenvalue weighted by atomic mass is 10.0. The summed E-state index contributed by atoms with van der Waals surface area (Å²) in [4.78, 5) is 27.3. The van der Waals surface area contributed by atoms with Crippen molar-refractivity contribution in [1.82, 2.24) is 15.1 Å². The Hall–Kier alpha value is -1.30. The van der Waals surface area contributed by atoms with Gasteiger partial charge in [0.2, 0.25) is 5.91 Å². The summed E-state index contributed by atoms with van der Waals surface area (Å²) in [5, 5.41) is 3.00. The molecule has 1 unspecified atom stereocenters. The Balaban J connectivity index is 1.80. The number of amides is 3. The first kappa shape index (κ1) is 14.1. The molecular formula is C13H24N4O2. The monoisotopic (exact) mass is 268 g/mol. The van der Waals surface area contributed by atoms with Gasteiger partial charge in [-0.2, -0.15) is 0 Å². The Morgan fingerprint density at radius 2 is 2.05 bits per heavy atom. The van der Waals surface area contributed by atoms with Gasteiger partial charge in [-0.1, -0.05) is 6.92 Å². The quantitative estimate of drug-likeness (QED) is 0.763. The number of nitrogens with one attached hydrogen (secondary N) is 1. The topological polar surface area (TPSA) is 78.7 Å². The van der Waals surface area contributed by atoms with Crippen LogP contribution in [0.4, 0.5) is 4.79 Å². The van der Waals surface area contributed by atoms with E-state index in [9.17, 15) is 9.59 Å². The zero-order chi connectivity index (χ0) is 14.2. The van der Waals surface area contributed by atoms with Crippen molar-refractivity contribution in [2.24, 2.45) is 5.73 Å². The van der Waals surface area contributed by atoms with Crippen LogP contribution in [0, 0.1) is 0 Å². The van der Waals surface area contributed by atoms with Gasteiger partial charge >= 0.3 is 6.03 Å². The number of carbonyl (C=O) groups is 2. The maximum absolute atomic E-state index is 12.0. The second-order valence-corrected chi connectivity index (χ2v) is 6.24. The Labute approximate surface area is 114 Å². The molecule has 0 bridgehead atoms. The minimum Gasteiger partial charge on any atom is -0.335 e. The van der Waals surface area contributed by atoms with Crippen molar-refractivity contribution in [3.05, 3.63) is 0 Å². The fraction of sp³-hybridized carbons (Fsp3) is 0.846. The molecule has 0 saturated carbocycles. The van der Waals surface area contributed by atoms with Crippen molar-refractivity contribution in [3.8, 4) is 0 Å². The molecule has 0 radical (unpaired) electrons. The highest BCUT2D eigenvalue weighted by Crippen LogP contribution is 2.21. The first-order chi connectivity index (χ1) is 8.82. The molecule has 3 amide bonds. The van der Waals surface area contributed by atoms with Gasteiger partial charge in [-0.3, -0.25) is 4.79 Å². The third-order valence-electron chi connectivity index (χ3n) is 4.11. The molecule has 0 spiro atoms. The summed E-state index contributed by atoms with van der Waals surface area (Å²) >= 11 is 0. The zero-order valence-electron chi connectivity index (χ0n) is 12.0. The highest BCUT2D eigenvalue weighted by atomic mass is 16.2. The van der Waals surface area contributed by atoms with Gasteiger partial charge in [0, 0.05) is 37.6 Å². The van der Waals surface area contributed by atoms with Crippen LogP contribution in [-0.4, -0.2) is 59.0 Å². The average Bonchev–Trinajstić information content (AvgIpc) is 2.55. The lowest BCUT2D eigenvalue weighted by Crippen LogP contribution is -2.65. The number of hydrogen-bond donors (Lipinski definition) is 2. The van der Waals surface area contributed by atoms with Crippen molar-refractivity contribution in [2.45, 2.75) is 51.2 Å². The Kier molecular flexibility index (Phi) is 3.71.